The topological polar surface area (TPSA) is 63.1 Å². The summed E-state index contributed by atoms with van der Waals surface area (Å²) in [5.74, 6) is -2.38. The van der Waals surface area contributed by atoms with Crippen molar-refractivity contribution < 1.29 is 23.1 Å². The SMILES string of the molecule is Cc1nc(C(C)C(=O)O)nc2c(C(F)(F)F)cccc12. The number of fused-ring (bicyclic) bond motifs is 1. The summed E-state index contributed by atoms with van der Waals surface area (Å²) in [7, 11) is 0. The number of carboxylic acids is 1. The fraction of sp³-hybridized carbons (Fsp3) is 0.308. The summed E-state index contributed by atoms with van der Waals surface area (Å²) in [6, 6.07) is 3.68. The number of halogens is 3. The van der Waals surface area contributed by atoms with Crippen molar-refractivity contribution in [1.82, 2.24) is 9.97 Å². The van der Waals surface area contributed by atoms with E-state index in [0.717, 1.165) is 6.07 Å². The van der Waals surface area contributed by atoms with Gasteiger partial charge < -0.3 is 5.11 Å². The van der Waals surface area contributed by atoms with E-state index in [4.69, 9.17) is 5.11 Å². The molecule has 1 aromatic carbocycles. The van der Waals surface area contributed by atoms with Crippen LogP contribution in [0, 0.1) is 6.92 Å². The quantitative estimate of drug-likeness (QED) is 0.920. The van der Waals surface area contributed by atoms with Crippen LogP contribution >= 0.6 is 0 Å². The van der Waals surface area contributed by atoms with Crippen LogP contribution in [-0.4, -0.2) is 21.0 Å². The third-order valence-corrected chi connectivity index (χ3v) is 3.00. The van der Waals surface area contributed by atoms with Crippen molar-refractivity contribution in [3.05, 3.63) is 35.3 Å². The number of aliphatic carboxylic acids is 1. The van der Waals surface area contributed by atoms with Crippen LogP contribution in [0.3, 0.4) is 0 Å². The molecule has 0 saturated heterocycles. The van der Waals surface area contributed by atoms with Gasteiger partial charge in [-0.05, 0) is 19.9 Å². The van der Waals surface area contributed by atoms with Crippen molar-refractivity contribution in [1.29, 1.82) is 0 Å². The molecule has 2 aromatic rings. The Morgan fingerprint density at radius 2 is 1.95 bits per heavy atom. The first-order valence-electron chi connectivity index (χ1n) is 5.79. The summed E-state index contributed by atoms with van der Waals surface area (Å²) in [6.07, 6.45) is -4.55. The highest BCUT2D eigenvalue weighted by Crippen LogP contribution is 2.34. The number of carboxylic acid groups (broad SMARTS) is 1. The number of nitrogens with zero attached hydrogens (tertiary/aromatic N) is 2. The fourth-order valence-corrected chi connectivity index (χ4v) is 1.86. The molecule has 0 aliphatic carbocycles. The van der Waals surface area contributed by atoms with Gasteiger partial charge in [0.1, 0.15) is 11.7 Å². The maximum Gasteiger partial charge on any atom is 0.418 e. The van der Waals surface area contributed by atoms with E-state index in [1.54, 1.807) is 0 Å². The number of para-hydroxylation sites is 1. The molecule has 0 bridgehead atoms. The lowest BCUT2D eigenvalue weighted by Gasteiger charge is -2.13. The zero-order valence-corrected chi connectivity index (χ0v) is 10.7. The molecular weight excluding hydrogens is 273 g/mol. The molecular formula is C13H11F3N2O2. The number of alkyl halides is 3. The average molecular weight is 284 g/mol. The molecule has 0 saturated carbocycles. The average Bonchev–Trinajstić information content (AvgIpc) is 2.35. The molecule has 4 nitrogen and oxygen atoms in total. The fourth-order valence-electron chi connectivity index (χ4n) is 1.86. The molecule has 0 radical (unpaired) electrons. The minimum absolute atomic E-state index is 0.126. The highest BCUT2D eigenvalue weighted by molar-refractivity contribution is 5.85. The van der Waals surface area contributed by atoms with E-state index < -0.39 is 23.6 Å². The highest BCUT2D eigenvalue weighted by Gasteiger charge is 2.34. The van der Waals surface area contributed by atoms with E-state index in [1.165, 1.54) is 26.0 Å². The summed E-state index contributed by atoms with van der Waals surface area (Å²) < 4.78 is 38.9. The van der Waals surface area contributed by atoms with E-state index in [0.29, 0.717) is 5.69 Å². The third-order valence-electron chi connectivity index (χ3n) is 3.00. The minimum atomic E-state index is -4.55. The van der Waals surface area contributed by atoms with E-state index >= 15 is 0 Å². The summed E-state index contributed by atoms with van der Waals surface area (Å²) >= 11 is 0. The van der Waals surface area contributed by atoms with Crippen molar-refractivity contribution in [3.63, 3.8) is 0 Å². The van der Waals surface area contributed by atoms with Crippen LogP contribution in [0.4, 0.5) is 13.2 Å². The number of carbonyl (C=O) groups is 1. The normalized spacial score (nSPS) is 13.4. The Hall–Kier alpha value is -2.18. The number of aryl methyl sites for hydroxylation is 1. The van der Waals surface area contributed by atoms with Crippen molar-refractivity contribution in [2.24, 2.45) is 0 Å². The van der Waals surface area contributed by atoms with Crippen molar-refractivity contribution in [3.8, 4) is 0 Å². The van der Waals surface area contributed by atoms with Crippen LogP contribution in [0.1, 0.15) is 29.9 Å². The molecule has 1 N–H and O–H groups in total. The molecule has 0 aliphatic rings. The monoisotopic (exact) mass is 284 g/mol. The molecule has 0 spiro atoms. The number of aromatic nitrogens is 2. The maximum absolute atomic E-state index is 13.0. The van der Waals surface area contributed by atoms with Gasteiger partial charge in [0.15, 0.2) is 0 Å². The molecule has 1 unspecified atom stereocenters. The number of hydrogen-bond acceptors (Lipinski definition) is 3. The predicted molar refractivity (Wildman–Crippen MR) is 65.3 cm³/mol. The first-order valence-corrected chi connectivity index (χ1v) is 5.79. The van der Waals surface area contributed by atoms with E-state index in [2.05, 4.69) is 9.97 Å². The summed E-state index contributed by atoms with van der Waals surface area (Å²) in [5.41, 5.74) is -0.834. The van der Waals surface area contributed by atoms with Crippen molar-refractivity contribution >= 4 is 16.9 Å². The van der Waals surface area contributed by atoms with Gasteiger partial charge in [-0.2, -0.15) is 13.2 Å². The molecule has 2 rings (SSSR count). The molecule has 1 aromatic heterocycles. The molecule has 20 heavy (non-hydrogen) atoms. The third kappa shape index (κ3) is 2.43. The van der Waals surface area contributed by atoms with E-state index in [-0.39, 0.29) is 16.7 Å². The van der Waals surface area contributed by atoms with Crippen LogP contribution in [0.2, 0.25) is 0 Å². The van der Waals surface area contributed by atoms with Gasteiger partial charge in [0.05, 0.1) is 11.1 Å². The van der Waals surface area contributed by atoms with Gasteiger partial charge in [0, 0.05) is 11.1 Å². The number of rotatable bonds is 2. The Labute approximate surface area is 112 Å². The van der Waals surface area contributed by atoms with Gasteiger partial charge in [-0.1, -0.05) is 12.1 Å². The number of benzene rings is 1. The largest absolute Gasteiger partial charge is 0.481 e. The summed E-state index contributed by atoms with van der Waals surface area (Å²) in [5, 5.41) is 9.19. The highest BCUT2D eigenvalue weighted by atomic mass is 19.4. The zero-order chi connectivity index (χ0) is 15.1. The second-order valence-corrected chi connectivity index (χ2v) is 4.43. The summed E-state index contributed by atoms with van der Waals surface area (Å²) in [6.45, 7) is 2.86. The van der Waals surface area contributed by atoms with E-state index in [9.17, 15) is 18.0 Å². The Balaban J connectivity index is 2.77. The minimum Gasteiger partial charge on any atom is -0.481 e. The Bertz CT molecular complexity index is 683. The Kier molecular flexibility index (Phi) is 3.37. The van der Waals surface area contributed by atoms with Crippen molar-refractivity contribution in [2.75, 3.05) is 0 Å². The zero-order valence-electron chi connectivity index (χ0n) is 10.7. The first kappa shape index (κ1) is 14.2. The molecule has 1 heterocycles. The lowest BCUT2D eigenvalue weighted by molar-refractivity contribution is -0.138. The van der Waals surface area contributed by atoms with Gasteiger partial charge in [-0.3, -0.25) is 4.79 Å². The lowest BCUT2D eigenvalue weighted by Crippen LogP contribution is -2.14. The predicted octanol–water partition coefficient (Wildman–Crippen LogP) is 3.15. The van der Waals surface area contributed by atoms with Gasteiger partial charge in [0.2, 0.25) is 0 Å². The maximum atomic E-state index is 13.0. The Morgan fingerprint density at radius 3 is 2.50 bits per heavy atom. The van der Waals surface area contributed by atoms with Gasteiger partial charge in [-0.15, -0.1) is 0 Å². The van der Waals surface area contributed by atoms with Gasteiger partial charge in [-0.25, -0.2) is 9.97 Å². The molecule has 0 aliphatic heterocycles. The molecule has 0 amide bonds. The van der Waals surface area contributed by atoms with Crippen LogP contribution in [0.25, 0.3) is 10.9 Å². The second kappa shape index (κ2) is 4.73. The van der Waals surface area contributed by atoms with Gasteiger partial charge >= 0.3 is 12.1 Å². The summed E-state index contributed by atoms with van der Waals surface area (Å²) in [4.78, 5) is 18.7. The van der Waals surface area contributed by atoms with Crippen molar-refractivity contribution in [2.45, 2.75) is 25.9 Å². The van der Waals surface area contributed by atoms with Crippen LogP contribution in [0.5, 0.6) is 0 Å². The standard InChI is InChI=1S/C13H11F3N2O2/c1-6(12(19)20)11-17-7(2)8-4-3-5-9(10(8)18-11)13(14,15)16/h3-6H,1-2H3,(H,19,20). The lowest BCUT2D eigenvalue weighted by atomic mass is 10.1. The van der Waals surface area contributed by atoms with E-state index in [1.807, 2.05) is 0 Å². The first-order chi connectivity index (χ1) is 9.21. The molecule has 7 heteroatoms. The Morgan fingerprint density at radius 1 is 1.30 bits per heavy atom. The molecule has 106 valence electrons. The molecule has 0 fully saturated rings. The molecule has 1 atom stereocenters. The second-order valence-electron chi connectivity index (χ2n) is 4.43. The van der Waals surface area contributed by atoms with Crippen LogP contribution in [-0.2, 0) is 11.0 Å². The van der Waals surface area contributed by atoms with Crippen LogP contribution < -0.4 is 0 Å². The smallest absolute Gasteiger partial charge is 0.418 e. The number of hydrogen-bond donors (Lipinski definition) is 1. The van der Waals surface area contributed by atoms with Crippen LogP contribution in [0.15, 0.2) is 18.2 Å². The van der Waals surface area contributed by atoms with Gasteiger partial charge in [0.25, 0.3) is 0 Å².